The summed E-state index contributed by atoms with van der Waals surface area (Å²) in [6.45, 7) is 0. The van der Waals surface area contributed by atoms with Gasteiger partial charge in [-0.2, -0.15) is 0 Å². The molecule has 0 unspecified atom stereocenters. The number of aryl methyl sites for hydroxylation is 2. The zero-order valence-electron chi connectivity index (χ0n) is 9.40. The summed E-state index contributed by atoms with van der Waals surface area (Å²) in [6.07, 6.45) is 4.98. The van der Waals surface area contributed by atoms with Crippen molar-refractivity contribution in [3.05, 3.63) is 53.5 Å². The monoisotopic (exact) mass is 227 g/mol. The quantitative estimate of drug-likeness (QED) is 0.856. The third-order valence-electron chi connectivity index (χ3n) is 3.10. The standard InChI is InChI=1S/C14H13NO2/c16-14(13-5-2-8-17-13)15-12-7-6-10-3-1-4-11(10)9-12/h2,5-9H,1,3-4H2,(H,15,16). The van der Waals surface area contributed by atoms with Crippen molar-refractivity contribution < 1.29 is 9.21 Å². The first kappa shape index (κ1) is 10.1. The zero-order chi connectivity index (χ0) is 11.7. The van der Waals surface area contributed by atoms with Crippen LogP contribution in [0.3, 0.4) is 0 Å². The van der Waals surface area contributed by atoms with Crippen molar-refractivity contribution in [3.63, 3.8) is 0 Å². The van der Waals surface area contributed by atoms with Gasteiger partial charge in [-0.3, -0.25) is 4.79 Å². The molecule has 1 N–H and O–H groups in total. The molecule has 17 heavy (non-hydrogen) atoms. The fraction of sp³-hybridized carbons (Fsp3) is 0.214. The van der Waals surface area contributed by atoms with E-state index in [1.807, 2.05) is 6.07 Å². The minimum absolute atomic E-state index is 0.201. The number of carbonyl (C=O) groups excluding carboxylic acids is 1. The summed E-state index contributed by atoms with van der Waals surface area (Å²) in [5.74, 6) is 0.137. The van der Waals surface area contributed by atoms with Crippen LogP contribution in [0.5, 0.6) is 0 Å². The summed E-state index contributed by atoms with van der Waals surface area (Å²) >= 11 is 0. The van der Waals surface area contributed by atoms with Gasteiger partial charge in [0.2, 0.25) is 0 Å². The normalized spacial score (nSPS) is 13.4. The van der Waals surface area contributed by atoms with Gasteiger partial charge in [0.05, 0.1) is 6.26 Å². The van der Waals surface area contributed by atoms with Gasteiger partial charge in [-0.05, 0) is 54.7 Å². The molecular formula is C14H13NO2. The maximum atomic E-state index is 11.8. The Balaban J connectivity index is 1.80. The molecule has 0 saturated carbocycles. The van der Waals surface area contributed by atoms with Crippen molar-refractivity contribution in [2.24, 2.45) is 0 Å². The predicted octanol–water partition coefficient (Wildman–Crippen LogP) is 3.02. The second-order valence-electron chi connectivity index (χ2n) is 4.27. The van der Waals surface area contributed by atoms with E-state index in [9.17, 15) is 4.79 Å². The van der Waals surface area contributed by atoms with Crippen molar-refractivity contribution in [1.29, 1.82) is 0 Å². The molecule has 0 bridgehead atoms. The van der Waals surface area contributed by atoms with Crippen molar-refractivity contribution in [1.82, 2.24) is 0 Å². The molecule has 3 rings (SSSR count). The molecule has 0 radical (unpaired) electrons. The number of amides is 1. The van der Waals surface area contributed by atoms with Crippen molar-refractivity contribution in [2.45, 2.75) is 19.3 Å². The lowest BCUT2D eigenvalue weighted by Gasteiger charge is -2.05. The van der Waals surface area contributed by atoms with Crippen LogP contribution < -0.4 is 5.32 Å². The Morgan fingerprint density at radius 1 is 1.18 bits per heavy atom. The van der Waals surface area contributed by atoms with Crippen LogP contribution in [0, 0.1) is 0 Å². The average molecular weight is 227 g/mol. The summed E-state index contributed by atoms with van der Waals surface area (Å²) in [5.41, 5.74) is 3.59. The molecule has 1 amide bonds. The van der Waals surface area contributed by atoms with Crippen LogP contribution in [0.2, 0.25) is 0 Å². The molecule has 0 aliphatic heterocycles. The van der Waals surface area contributed by atoms with E-state index in [1.54, 1.807) is 12.1 Å². The Labute approximate surface area is 99.4 Å². The summed E-state index contributed by atoms with van der Waals surface area (Å²) in [7, 11) is 0. The third kappa shape index (κ3) is 1.96. The zero-order valence-corrected chi connectivity index (χ0v) is 9.40. The number of benzene rings is 1. The third-order valence-corrected chi connectivity index (χ3v) is 3.10. The fourth-order valence-corrected chi connectivity index (χ4v) is 2.25. The van der Waals surface area contributed by atoms with E-state index in [2.05, 4.69) is 17.4 Å². The van der Waals surface area contributed by atoms with E-state index >= 15 is 0 Å². The van der Waals surface area contributed by atoms with E-state index in [-0.39, 0.29) is 5.91 Å². The van der Waals surface area contributed by atoms with E-state index < -0.39 is 0 Å². The second kappa shape index (κ2) is 4.09. The fourth-order valence-electron chi connectivity index (χ4n) is 2.25. The number of hydrogen-bond acceptors (Lipinski definition) is 2. The lowest BCUT2D eigenvalue weighted by molar-refractivity contribution is 0.0996. The van der Waals surface area contributed by atoms with E-state index in [4.69, 9.17) is 4.42 Å². The summed E-state index contributed by atoms with van der Waals surface area (Å²) in [5, 5.41) is 2.84. The lowest BCUT2D eigenvalue weighted by Crippen LogP contribution is -2.10. The van der Waals surface area contributed by atoms with Gasteiger partial charge in [0, 0.05) is 5.69 Å². The molecule has 86 valence electrons. The van der Waals surface area contributed by atoms with Gasteiger partial charge in [-0.25, -0.2) is 0 Å². The molecule has 3 nitrogen and oxygen atoms in total. The SMILES string of the molecule is O=C(Nc1ccc2c(c1)CCC2)c1ccco1. The van der Waals surface area contributed by atoms with Crippen LogP contribution in [0.1, 0.15) is 28.1 Å². The van der Waals surface area contributed by atoms with Crippen LogP contribution in [-0.2, 0) is 12.8 Å². The van der Waals surface area contributed by atoms with Crippen molar-refractivity contribution >= 4 is 11.6 Å². The minimum Gasteiger partial charge on any atom is -0.459 e. The number of anilines is 1. The summed E-state index contributed by atoms with van der Waals surface area (Å²) < 4.78 is 5.05. The van der Waals surface area contributed by atoms with Crippen LogP contribution in [0.4, 0.5) is 5.69 Å². The predicted molar refractivity (Wildman–Crippen MR) is 65.1 cm³/mol. The number of furan rings is 1. The van der Waals surface area contributed by atoms with Crippen LogP contribution in [-0.4, -0.2) is 5.91 Å². The van der Waals surface area contributed by atoms with E-state index in [1.165, 1.54) is 23.8 Å². The van der Waals surface area contributed by atoms with Crippen LogP contribution >= 0.6 is 0 Å². The highest BCUT2D eigenvalue weighted by Crippen LogP contribution is 2.25. The van der Waals surface area contributed by atoms with E-state index in [0.717, 1.165) is 18.5 Å². The van der Waals surface area contributed by atoms with Gasteiger partial charge in [0.1, 0.15) is 0 Å². The van der Waals surface area contributed by atoms with Crippen molar-refractivity contribution in [3.8, 4) is 0 Å². The molecule has 0 fully saturated rings. The minimum atomic E-state index is -0.201. The molecule has 3 heteroatoms. The Morgan fingerprint density at radius 3 is 2.88 bits per heavy atom. The highest BCUT2D eigenvalue weighted by atomic mass is 16.3. The molecule has 1 aromatic carbocycles. The highest BCUT2D eigenvalue weighted by Gasteiger charge is 2.13. The van der Waals surface area contributed by atoms with Gasteiger partial charge in [-0.1, -0.05) is 6.07 Å². The molecular weight excluding hydrogens is 214 g/mol. The maximum Gasteiger partial charge on any atom is 0.291 e. The molecule has 1 heterocycles. The number of carbonyl (C=O) groups is 1. The first-order valence-electron chi connectivity index (χ1n) is 5.79. The molecule has 1 aliphatic rings. The topological polar surface area (TPSA) is 42.2 Å². The highest BCUT2D eigenvalue weighted by molar-refractivity contribution is 6.02. The van der Waals surface area contributed by atoms with Gasteiger partial charge >= 0.3 is 0 Å². The maximum absolute atomic E-state index is 11.8. The van der Waals surface area contributed by atoms with E-state index in [0.29, 0.717) is 5.76 Å². The number of nitrogens with one attached hydrogen (secondary N) is 1. The van der Waals surface area contributed by atoms with Gasteiger partial charge in [0.15, 0.2) is 5.76 Å². The number of rotatable bonds is 2. The second-order valence-corrected chi connectivity index (χ2v) is 4.27. The molecule has 1 aliphatic carbocycles. The summed E-state index contributed by atoms with van der Waals surface area (Å²) in [6, 6.07) is 9.47. The Kier molecular flexibility index (Phi) is 2.44. The molecule has 1 aromatic heterocycles. The van der Waals surface area contributed by atoms with Gasteiger partial charge < -0.3 is 9.73 Å². The lowest BCUT2D eigenvalue weighted by atomic mass is 10.1. The summed E-state index contributed by atoms with van der Waals surface area (Å²) in [4.78, 5) is 11.8. The largest absolute Gasteiger partial charge is 0.459 e. The first-order chi connectivity index (χ1) is 8.33. The first-order valence-corrected chi connectivity index (χ1v) is 5.79. The Bertz CT molecular complexity index is 543. The Hall–Kier alpha value is -2.03. The van der Waals surface area contributed by atoms with Gasteiger partial charge in [-0.15, -0.1) is 0 Å². The molecule has 2 aromatic rings. The van der Waals surface area contributed by atoms with Crippen LogP contribution in [0.25, 0.3) is 0 Å². The molecule has 0 saturated heterocycles. The Morgan fingerprint density at radius 2 is 2.06 bits per heavy atom. The van der Waals surface area contributed by atoms with Gasteiger partial charge in [0.25, 0.3) is 5.91 Å². The van der Waals surface area contributed by atoms with Crippen molar-refractivity contribution in [2.75, 3.05) is 5.32 Å². The number of fused-ring (bicyclic) bond motifs is 1. The smallest absolute Gasteiger partial charge is 0.291 e. The number of hydrogen-bond donors (Lipinski definition) is 1. The molecule has 0 atom stereocenters. The average Bonchev–Trinajstić information content (AvgIpc) is 2.99. The molecule has 0 spiro atoms. The van der Waals surface area contributed by atoms with Crippen LogP contribution in [0.15, 0.2) is 41.0 Å².